The van der Waals surface area contributed by atoms with Gasteiger partial charge in [0, 0.05) is 12.1 Å². The van der Waals surface area contributed by atoms with Crippen molar-refractivity contribution in [3.8, 4) is 6.07 Å². The lowest BCUT2D eigenvalue weighted by molar-refractivity contribution is -0.137. The van der Waals surface area contributed by atoms with E-state index in [-0.39, 0.29) is 18.5 Å². The molecule has 0 fully saturated rings. The highest BCUT2D eigenvalue weighted by atomic mass is 16.4. The third-order valence-corrected chi connectivity index (χ3v) is 1.81. The Morgan fingerprint density at radius 2 is 2.08 bits per heavy atom. The molecule has 0 spiro atoms. The lowest BCUT2D eigenvalue weighted by Gasteiger charge is -2.33. The molecule has 4 heteroatoms. The summed E-state index contributed by atoms with van der Waals surface area (Å²) in [5, 5.41) is 17.0. The molecule has 0 aromatic heterocycles. The number of rotatable bonds is 4. The number of hydrogen-bond donors (Lipinski definition) is 1. The van der Waals surface area contributed by atoms with Crippen molar-refractivity contribution < 1.29 is 9.90 Å². The Kier molecular flexibility index (Phi) is 4.43. The number of nitrogens with zero attached hydrogens (tertiary/aromatic N) is 2. The fourth-order valence-electron chi connectivity index (χ4n) is 0.968. The Labute approximate surface area is 78.8 Å². The fourth-order valence-corrected chi connectivity index (χ4v) is 0.968. The molecule has 4 nitrogen and oxygen atoms in total. The Hall–Kier alpha value is -1.08. The molecule has 0 saturated carbocycles. The van der Waals surface area contributed by atoms with Crippen molar-refractivity contribution >= 4 is 5.97 Å². The van der Waals surface area contributed by atoms with Gasteiger partial charge in [-0.25, -0.2) is 0 Å². The van der Waals surface area contributed by atoms with Crippen LogP contribution in [-0.4, -0.2) is 34.6 Å². The highest BCUT2D eigenvalue weighted by Gasteiger charge is 2.20. The first-order valence-electron chi connectivity index (χ1n) is 4.21. The number of hydrogen-bond acceptors (Lipinski definition) is 3. The van der Waals surface area contributed by atoms with E-state index >= 15 is 0 Å². The monoisotopic (exact) mass is 184 g/mol. The van der Waals surface area contributed by atoms with Gasteiger partial charge in [-0.15, -0.1) is 0 Å². The predicted octanol–water partition coefficient (Wildman–Crippen LogP) is 1.09. The standard InChI is InChI=1S/C9H16N2O2/c1-9(2,3)11(7-5-10)6-4-8(12)13/h4,6-7H2,1-3H3,(H,12,13). The second-order valence-corrected chi connectivity index (χ2v) is 3.89. The van der Waals surface area contributed by atoms with E-state index in [1.807, 2.05) is 31.7 Å². The first-order valence-corrected chi connectivity index (χ1v) is 4.21. The van der Waals surface area contributed by atoms with Crippen LogP contribution in [0, 0.1) is 11.3 Å². The van der Waals surface area contributed by atoms with Crippen LogP contribution in [0.5, 0.6) is 0 Å². The smallest absolute Gasteiger partial charge is 0.304 e. The third kappa shape index (κ3) is 5.21. The summed E-state index contributed by atoms with van der Waals surface area (Å²) in [4.78, 5) is 12.2. The summed E-state index contributed by atoms with van der Waals surface area (Å²) in [5.74, 6) is -0.827. The minimum atomic E-state index is -0.827. The molecule has 74 valence electrons. The van der Waals surface area contributed by atoms with Crippen LogP contribution in [0.15, 0.2) is 0 Å². The summed E-state index contributed by atoms with van der Waals surface area (Å²) in [6, 6.07) is 2.03. The normalized spacial score (nSPS) is 11.3. The molecule has 0 aliphatic heterocycles. The highest BCUT2D eigenvalue weighted by molar-refractivity contribution is 5.66. The Morgan fingerprint density at radius 1 is 1.54 bits per heavy atom. The minimum absolute atomic E-state index is 0.0823. The van der Waals surface area contributed by atoms with E-state index in [2.05, 4.69) is 0 Å². The first-order chi connectivity index (χ1) is 5.88. The van der Waals surface area contributed by atoms with Crippen molar-refractivity contribution in [3.05, 3.63) is 0 Å². The van der Waals surface area contributed by atoms with Crippen LogP contribution in [0.4, 0.5) is 0 Å². The van der Waals surface area contributed by atoms with Gasteiger partial charge in [0.25, 0.3) is 0 Å². The summed E-state index contributed by atoms with van der Waals surface area (Å²) >= 11 is 0. The number of carboxylic acid groups (broad SMARTS) is 1. The molecule has 0 rings (SSSR count). The maximum Gasteiger partial charge on any atom is 0.304 e. The largest absolute Gasteiger partial charge is 0.481 e. The van der Waals surface area contributed by atoms with Crippen molar-refractivity contribution in [2.24, 2.45) is 0 Å². The molecule has 1 N–H and O–H groups in total. The Balaban J connectivity index is 4.12. The van der Waals surface area contributed by atoms with Gasteiger partial charge in [0.15, 0.2) is 0 Å². The van der Waals surface area contributed by atoms with Gasteiger partial charge in [-0.2, -0.15) is 5.26 Å². The van der Waals surface area contributed by atoms with Gasteiger partial charge in [-0.3, -0.25) is 9.69 Å². The molecular weight excluding hydrogens is 168 g/mol. The SMILES string of the molecule is CC(C)(C)N(CC#N)CCC(=O)O. The lowest BCUT2D eigenvalue weighted by atomic mass is 10.1. The molecule has 13 heavy (non-hydrogen) atoms. The van der Waals surface area contributed by atoms with E-state index in [0.29, 0.717) is 6.54 Å². The minimum Gasteiger partial charge on any atom is -0.481 e. The van der Waals surface area contributed by atoms with Gasteiger partial charge >= 0.3 is 5.97 Å². The molecular formula is C9H16N2O2. The molecule has 0 heterocycles. The molecule has 0 saturated heterocycles. The second-order valence-electron chi connectivity index (χ2n) is 3.89. The maximum absolute atomic E-state index is 10.3. The van der Waals surface area contributed by atoms with Crippen LogP contribution in [0.2, 0.25) is 0 Å². The molecule has 0 aliphatic rings. The van der Waals surface area contributed by atoms with Gasteiger partial charge in [0.2, 0.25) is 0 Å². The lowest BCUT2D eigenvalue weighted by Crippen LogP contribution is -2.42. The zero-order valence-electron chi connectivity index (χ0n) is 8.37. The molecule has 0 aliphatic carbocycles. The topological polar surface area (TPSA) is 64.3 Å². The molecule has 0 unspecified atom stereocenters. The summed E-state index contributed by atoms with van der Waals surface area (Å²) in [6.45, 7) is 6.59. The van der Waals surface area contributed by atoms with E-state index in [1.54, 1.807) is 0 Å². The average molecular weight is 184 g/mol. The molecule has 0 radical (unpaired) electrons. The zero-order valence-corrected chi connectivity index (χ0v) is 8.37. The van der Waals surface area contributed by atoms with Crippen molar-refractivity contribution in [3.63, 3.8) is 0 Å². The van der Waals surface area contributed by atoms with Gasteiger partial charge in [0.05, 0.1) is 19.0 Å². The summed E-state index contributed by atoms with van der Waals surface area (Å²) < 4.78 is 0. The second kappa shape index (κ2) is 4.83. The summed E-state index contributed by atoms with van der Waals surface area (Å²) in [7, 11) is 0. The van der Waals surface area contributed by atoms with E-state index < -0.39 is 5.97 Å². The first kappa shape index (κ1) is 11.9. The van der Waals surface area contributed by atoms with Crippen LogP contribution in [0.1, 0.15) is 27.2 Å². The predicted molar refractivity (Wildman–Crippen MR) is 49.2 cm³/mol. The average Bonchev–Trinajstić information content (AvgIpc) is 1.95. The molecule has 0 amide bonds. The van der Waals surface area contributed by atoms with Gasteiger partial charge in [-0.1, -0.05) is 0 Å². The van der Waals surface area contributed by atoms with Gasteiger partial charge in [-0.05, 0) is 20.8 Å². The van der Waals surface area contributed by atoms with Crippen molar-refractivity contribution in [1.29, 1.82) is 5.26 Å². The van der Waals surface area contributed by atoms with Gasteiger partial charge in [0.1, 0.15) is 0 Å². The summed E-state index contributed by atoms with van der Waals surface area (Å²) in [5.41, 5.74) is -0.148. The van der Waals surface area contributed by atoms with Gasteiger partial charge < -0.3 is 5.11 Å². The van der Waals surface area contributed by atoms with Crippen LogP contribution in [0.25, 0.3) is 0 Å². The quantitative estimate of drug-likeness (QED) is 0.664. The number of carboxylic acids is 1. The molecule has 0 atom stereocenters. The third-order valence-electron chi connectivity index (χ3n) is 1.81. The maximum atomic E-state index is 10.3. The van der Waals surface area contributed by atoms with Crippen LogP contribution in [0.3, 0.4) is 0 Å². The number of nitriles is 1. The Bertz CT molecular complexity index is 213. The van der Waals surface area contributed by atoms with Crippen LogP contribution < -0.4 is 0 Å². The van der Waals surface area contributed by atoms with E-state index in [0.717, 1.165) is 0 Å². The number of carbonyl (C=O) groups is 1. The van der Waals surface area contributed by atoms with E-state index in [1.165, 1.54) is 0 Å². The summed E-state index contributed by atoms with van der Waals surface area (Å²) in [6.07, 6.45) is 0.0823. The van der Waals surface area contributed by atoms with E-state index in [9.17, 15) is 4.79 Å². The molecule has 0 aromatic carbocycles. The Morgan fingerprint density at radius 3 is 2.38 bits per heavy atom. The van der Waals surface area contributed by atoms with Crippen molar-refractivity contribution in [2.75, 3.05) is 13.1 Å². The molecule has 0 aromatic rings. The molecule has 0 bridgehead atoms. The van der Waals surface area contributed by atoms with E-state index in [4.69, 9.17) is 10.4 Å². The highest BCUT2D eigenvalue weighted by Crippen LogP contribution is 2.12. The van der Waals surface area contributed by atoms with Crippen LogP contribution in [-0.2, 0) is 4.79 Å². The fraction of sp³-hybridized carbons (Fsp3) is 0.778. The van der Waals surface area contributed by atoms with Crippen molar-refractivity contribution in [1.82, 2.24) is 4.90 Å². The zero-order chi connectivity index (χ0) is 10.5. The van der Waals surface area contributed by atoms with Crippen molar-refractivity contribution in [2.45, 2.75) is 32.7 Å². The van der Waals surface area contributed by atoms with Crippen LogP contribution >= 0.6 is 0 Å². The number of aliphatic carboxylic acids is 1.